The predicted octanol–water partition coefficient (Wildman–Crippen LogP) is 2.62. The van der Waals surface area contributed by atoms with E-state index in [2.05, 4.69) is 27.4 Å². The highest BCUT2D eigenvalue weighted by Crippen LogP contribution is 2.34. The first kappa shape index (κ1) is 14.1. The highest BCUT2D eigenvalue weighted by atomic mass is 16.1. The summed E-state index contributed by atoms with van der Waals surface area (Å²) in [4.78, 5) is 18.7. The molecule has 2 unspecified atom stereocenters. The molecule has 1 aliphatic heterocycles. The van der Waals surface area contributed by atoms with E-state index >= 15 is 0 Å². The van der Waals surface area contributed by atoms with Crippen LogP contribution in [0.15, 0.2) is 30.5 Å². The average Bonchev–Trinajstić information content (AvgIpc) is 2.96. The Balaban J connectivity index is 1.64. The van der Waals surface area contributed by atoms with Crippen LogP contribution in [0.25, 0.3) is 0 Å². The molecule has 2 atom stereocenters. The Hall–Kier alpha value is -1.84. The monoisotopic (exact) mass is 285 g/mol. The molecule has 0 spiro atoms. The van der Waals surface area contributed by atoms with Crippen LogP contribution < -0.4 is 10.2 Å². The molecular formula is C17H23N3O. The number of pyridine rings is 1. The van der Waals surface area contributed by atoms with Crippen molar-refractivity contribution in [3.05, 3.63) is 36.0 Å². The zero-order valence-electron chi connectivity index (χ0n) is 12.6. The van der Waals surface area contributed by atoms with Crippen LogP contribution in [0, 0.1) is 11.8 Å². The molecule has 0 radical (unpaired) electrons. The average molecular weight is 285 g/mol. The summed E-state index contributed by atoms with van der Waals surface area (Å²) in [5.41, 5.74) is 0.644. The van der Waals surface area contributed by atoms with Gasteiger partial charge >= 0.3 is 0 Å². The SMILES string of the molecule is CCCNC(=O)c1ccc(N2CC3CC=CCC3C2)nc1. The molecule has 21 heavy (non-hydrogen) atoms. The van der Waals surface area contributed by atoms with E-state index in [1.807, 2.05) is 19.1 Å². The standard InChI is InChI=1S/C17H23N3O/c1-2-9-18-17(21)13-7-8-16(19-10-13)20-11-14-5-3-4-6-15(14)12-20/h3-4,7-8,10,14-15H,2,5-6,9,11-12H2,1H3,(H,18,21). The number of nitrogens with zero attached hydrogens (tertiary/aromatic N) is 2. The number of carbonyl (C=O) groups is 1. The summed E-state index contributed by atoms with van der Waals surface area (Å²) in [6, 6.07) is 3.86. The van der Waals surface area contributed by atoms with Gasteiger partial charge in [0.2, 0.25) is 0 Å². The third-order valence-corrected chi connectivity index (χ3v) is 4.49. The molecule has 3 rings (SSSR count). The molecule has 1 amide bonds. The quantitative estimate of drug-likeness (QED) is 0.865. The second kappa shape index (κ2) is 6.29. The van der Waals surface area contributed by atoms with Crippen LogP contribution in [0.5, 0.6) is 0 Å². The lowest BCUT2D eigenvalue weighted by Gasteiger charge is -2.17. The molecule has 1 aliphatic carbocycles. The van der Waals surface area contributed by atoms with Crippen molar-refractivity contribution in [3.63, 3.8) is 0 Å². The molecule has 2 aliphatic rings. The second-order valence-corrected chi connectivity index (χ2v) is 6.03. The molecule has 1 N–H and O–H groups in total. The topological polar surface area (TPSA) is 45.2 Å². The fourth-order valence-corrected chi connectivity index (χ4v) is 3.25. The van der Waals surface area contributed by atoms with Crippen LogP contribution in [0.4, 0.5) is 5.82 Å². The van der Waals surface area contributed by atoms with Gasteiger partial charge in [-0.3, -0.25) is 4.79 Å². The van der Waals surface area contributed by atoms with Crippen molar-refractivity contribution in [1.82, 2.24) is 10.3 Å². The molecule has 1 fully saturated rings. The molecule has 4 nitrogen and oxygen atoms in total. The van der Waals surface area contributed by atoms with E-state index in [-0.39, 0.29) is 5.91 Å². The molecule has 2 heterocycles. The Labute approximate surface area is 126 Å². The number of fused-ring (bicyclic) bond motifs is 1. The normalized spacial score (nSPS) is 24.0. The van der Waals surface area contributed by atoms with Crippen molar-refractivity contribution in [2.45, 2.75) is 26.2 Å². The summed E-state index contributed by atoms with van der Waals surface area (Å²) in [6.07, 6.45) is 9.64. The number of hydrogen-bond acceptors (Lipinski definition) is 3. The fraction of sp³-hybridized carbons (Fsp3) is 0.529. The Morgan fingerprint density at radius 3 is 2.57 bits per heavy atom. The van der Waals surface area contributed by atoms with Crippen molar-refractivity contribution >= 4 is 11.7 Å². The summed E-state index contributed by atoms with van der Waals surface area (Å²) in [6.45, 7) is 4.93. The van der Waals surface area contributed by atoms with Crippen LogP contribution in [-0.4, -0.2) is 30.5 Å². The van der Waals surface area contributed by atoms with Crippen molar-refractivity contribution in [2.75, 3.05) is 24.5 Å². The number of anilines is 1. The van der Waals surface area contributed by atoms with Crippen molar-refractivity contribution < 1.29 is 4.79 Å². The van der Waals surface area contributed by atoms with Gasteiger partial charge in [0.05, 0.1) is 5.56 Å². The summed E-state index contributed by atoms with van der Waals surface area (Å²) in [5.74, 6) is 2.50. The smallest absolute Gasteiger partial charge is 0.252 e. The Morgan fingerprint density at radius 2 is 2.00 bits per heavy atom. The predicted molar refractivity (Wildman–Crippen MR) is 84.4 cm³/mol. The van der Waals surface area contributed by atoms with E-state index in [1.165, 1.54) is 12.8 Å². The van der Waals surface area contributed by atoms with Gasteiger partial charge in [-0.1, -0.05) is 19.1 Å². The van der Waals surface area contributed by atoms with Gasteiger partial charge in [0, 0.05) is 25.8 Å². The van der Waals surface area contributed by atoms with Crippen LogP contribution in [-0.2, 0) is 0 Å². The summed E-state index contributed by atoms with van der Waals surface area (Å²) >= 11 is 0. The number of rotatable bonds is 4. The third-order valence-electron chi connectivity index (χ3n) is 4.49. The van der Waals surface area contributed by atoms with E-state index in [0.29, 0.717) is 12.1 Å². The van der Waals surface area contributed by atoms with E-state index in [1.54, 1.807) is 6.20 Å². The maximum Gasteiger partial charge on any atom is 0.252 e. The number of carbonyl (C=O) groups excluding carboxylic acids is 1. The van der Waals surface area contributed by atoms with E-state index in [0.717, 1.165) is 37.2 Å². The van der Waals surface area contributed by atoms with Crippen molar-refractivity contribution in [3.8, 4) is 0 Å². The third kappa shape index (κ3) is 3.09. The van der Waals surface area contributed by atoms with E-state index in [4.69, 9.17) is 0 Å². The van der Waals surface area contributed by atoms with Gasteiger partial charge in [-0.25, -0.2) is 4.98 Å². The lowest BCUT2D eigenvalue weighted by atomic mass is 9.86. The molecule has 1 aromatic heterocycles. The van der Waals surface area contributed by atoms with Gasteiger partial charge < -0.3 is 10.2 Å². The second-order valence-electron chi connectivity index (χ2n) is 6.03. The van der Waals surface area contributed by atoms with E-state index < -0.39 is 0 Å². The van der Waals surface area contributed by atoms with Crippen LogP contribution in [0.1, 0.15) is 36.5 Å². The van der Waals surface area contributed by atoms with E-state index in [9.17, 15) is 4.79 Å². The molecule has 1 saturated heterocycles. The van der Waals surface area contributed by atoms with Gasteiger partial charge in [-0.2, -0.15) is 0 Å². The Kier molecular flexibility index (Phi) is 4.23. The van der Waals surface area contributed by atoms with Gasteiger partial charge in [0.15, 0.2) is 0 Å². The molecular weight excluding hydrogens is 262 g/mol. The summed E-state index contributed by atoms with van der Waals surface area (Å²) in [5, 5.41) is 2.88. The first-order valence-corrected chi connectivity index (χ1v) is 7.92. The highest BCUT2D eigenvalue weighted by molar-refractivity contribution is 5.94. The molecule has 0 saturated carbocycles. The highest BCUT2D eigenvalue weighted by Gasteiger charge is 2.33. The molecule has 4 heteroatoms. The largest absolute Gasteiger partial charge is 0.356 e. The first-order valence-electron chi connectivity index (χ1n) is 7.92. The van der Waals surface area contributed by atoms with Gasteiger partial charge in [-0.05, 0) is 43.2 Å². The maximum absolute atomic E-state index is 11.9. The number of allylic oxidation sites excluding steroid dienone is 2. The summed E-state index contributed by atoms with van der Waals surface area (Å²) < 4.78 is 0. The lowest BCUT2D eigenvalue weighted by molar-refractivity contribution is 0.0953. The fourth-order valence-electron chi connectivity index (χ4n) is 3.25. The molecule has 1 aromatic rings. The lowest BCUT2D eigenvalue weighted by Crippen LogP contribution is -2.25. The minimum absolute atomic E-state index is 0.0322. The first-order chi connectivity index (χ1) is 10.3. The van der Waals surface area contributed by atoms with Crippen LogP contribution in [0.2, 0.25) is 0 Å². The zero-order valence-corrected chi connectivity index (χ0v) is 12.6. The zero-order chi connectivity index (χ0) is 14.7. The Morgan fingerprint density at radius 1 is 1.29 bits per heavy atom. The van der Waals surface area contributed by atoms with Crippen molar-refractivity contribution in [1.29, 1.82) is 0 Å². The number of nitrogens with one attached hydrogen (secondary N) is 1. The van der Waals surface area contributed by atoms with Crippen LogP contribution in [0.3, 0.4) is 0 Å². The minimum atomic E-state index is -0.0322. The molecule has 112 valence electrons. The number of hydrogen-bond donors (Lipinski definition) is 1. The van der Waals surface area contributed by atoms with Crippen LogP contribution >= 0.6 is 0 Å². The van der Waals surface area contributed by atoms with Gasteiger partial charge in [0.1, 0.15) is 5.82 Å². The summed E-state index contributed by atoms with van der Waals surface area (Å²) in [7, 11) is 0. The van der Waals surface area contributed by atoms with Gasteiger partial charge in [0.25, 0.3) is 5.91 Å². The van der Waals surface area contributed by atoms with Crippen molar-refractivity contribution in [2.24, 2.45) is 11.8 Å². The molecule has 0 bridgehead atoms. The molecule has 0 aromatic carbocycles. The minimum Gasteiger partial charge on any atom is -0.356 e. The maximum atomic E-state index is 11.9. The Bertz CT molecular complexity index is 507. The van der Waals surface area contributed by atoms with Gasteiger partial charge in [-0.15, -0.1) is 0 Å². The number of amides is 1. The number of aromatic nitrogens is 1.